The minimum Gasteiger partial charge on any atom is -0.508 e. The van der Waals surface area contributed by atoms with E-state index in [1.165, 1.54) is 44.4 Å². The average Bonchev–Trinajstić information content (AvgIpc) is 3.02. The van der Waals surface area contributed by atoms with Crippen LogP contribution in [0.3, 0.4) is 0 Å². The minimum atomic E-state index is -1.58. The van der Waals surface area contributed by atoms with E-state index < -0.39 is 57.6 Å². The Labute approximate surface area is 259 Å². The number of phenols is 5. The van der Waals surface area contributed by atoms with Crippen LogP contribution in [0.2, 0.25) is 0 Å². The fourth-order valence-electron chi connectivity index (χ4n) is 6.05. The number of ether oxygens (including phenoxy) is 1. The molecule has 0 atom stereocenters. The first-order valence-electron chi connectivity index (χ1n) is 13.7. The molecule has 0 aliphatic heterocycles. The standard InChI is InChI=1S/C33H24N2O11/c1-12-19(37)10-17-23(26(12)38)30(42)25-24(27(17)39)29(41)22-16(31(25)46-2)8-7-13-9-14(21(33(44)45)28(40)20(13)22)11-34-35-32(43)15-5-3-4-6-18(15)36/h3-6,9-11,36-38,40-41H,7-8H2,1-2H3,(H,35,43)(H,44,45)/b34-11-. The van der Waals surface area contributed by atoms with E-state index in [0.717, 1.165) is 12.3 Å². The van der Waals surface area contributed by atoms with Gasteiger partial charge in [0.2, 0.25) is 5.78 Å². The second kappa shape index (κ2) is 10.7. The number of aryl methyl sites for hydroxylation is 1. The number of aromatic carboxylic acids is 1. The van der Waals surface area contributed by atoms with Crippen LogP contribution in [-0.4, -0.2) is 67.4 Å². The van der Waals surface area contributed by atoms with Gasteiger partial charge in [-0.05, 0) is 49.6 Å². The lowest BCUT2D eigenvalue weighted by molar-refractivity contribution is 0.0693. The van der Waals surface area contributed by atoms with Gasteiger partial charge in [-0.2, -0.15) is 5.10 Å². The molecule has 2 aliphatic carbocycles. The number of carbonyl (C=O) groups excluding carboxylic acids is 3. The number of nitrogens with one attached hydrogen (secondary N) is 1. The molecule has 6 rings (SSSR count). The second-order valence-electron chi connectivity index (χ2n) is 10.7. The predicted octanol–water partition coefficient (Wildman–Crippen LogP) is 3.53. The number of carboxylic acids is 1. The van der Waals surface area contributed by atoms with Gasteiger partial charge in [0, 0.05) is 33.4 Å². The van der Waals surface area contributed by atoms with Gasteiger partial charge in [0.1, 0.15) is 40.1 Å². The van der Waals surface area contributed by atoms with Gasteiger partial charge in [0.15, 0.2) is 5.78 Å². The van der Waals surface area contributed by atoms with E-state index >= 15 is 0 Å². The summed E-state index contributed by atoms with van der Waals surface area (Å²) in [6.07, 6.45) is 1.28. The minimum absolute atomic E-state index is 0.0262. The van der Waals surface area contributed by atoms with Crippen LogP contribution >= 0.6 is 0 Å². The lowest BCUT2D eigenvalue weighted by Gasteiger charge is -2.30. The number of fused-ring (bicyclic) bond motifs is 5. The Balaban J connectivity index is 1.52. The van der Waals surface area contributed by atoms with Crippen LogP contribution in [0, 0.1) is 6.92 Å². The smallest absolute Gasteiger partial charge is 0.340 e. The van der Waals surface area contributed by atoms with Gasteiger partial charge in [-0.1, -0.05) is 12.1 Å². The van der Waals surface area contributed by atoms with Gasteiger partial charge in [0.25, 0.3) is 5.91 Å². The molecule has 0 spiro atoms. The molecule has 4 aromatic carbocycles. The quantitative estimate of drug-likeness (QED) is 0.111. The molecule has 13 nitrogen and oxygen atoms in total. The molecule has 0 radical (unpaired) electrons. The summed E-state index contributed by atoms with van der Waals surface area (Å²) < 4.78 is 5.58. The Morgan fingerprint density at radius 3 is 2.24 bits per heavy atom. The molecule has 4 aromatic rings. The van der Waals surface area contributed by atoms with Crippen molar-refractivity contribution >= 4 is 29.7 Å². The molecular weight excluding hydrogens is 600 g/mol. The van der Waals surface area contributed by atoms with Gasteiger partial charge in [0.05, 0.1) is 35.6 Å². The number of methoxy groups -OCH3 is 1. The number of ketones is 2. The van der Waals surface area contributed by atoms with Gasteiger partial charge in [-0.3, -0.25) is 14.4 Å². The van der Waals surface area contributed by atoms with Gasteiger partial charge < -0.3 is 35.4 Å². The Hall–Kier alpha value is -6.37. The first-order valence-corrected chi connectivity index (χ1v) is 13.7. The van der Waals surface area contributed by atoms with E-state index in [2.05, 4.69) is 10.5 Å². The highest BCUT2D eigenvalue weighted by molar-refractivity contribution is 6.32. The maximum absolute atomic E-state index is 13.8. The maximum Gasteiger partial charge on any atom is 0.340 e. The number of aromatic hydroxyl groups is 5. The summed E-state index contributed by atoms with van der Waals surface area (Å²) in [6.45, 7) is 1.36. The van der Waals surface area contributed by atoms with E-state index in [1.54, 1.807) is 0 Å². The summed E-state index contributed by atoms with van der Waals surface area (Å²) in [5.74, 6) is -7.05. The Morgan fingerprint density at radius 1 is 0.848 bits per heavy atom. The summed E-state index contributed by atoms with van der Waals surface area (Å²) in [7, 11) is 1.24. The Bertz CT molecular complexity index is 2110. The SMILES string of the molecule is COc1c2c(c(O)c3c1C(=O)c1c(cc(O)c(C)c1O)C3=O)-c1c(cc(/C=N\NC(=O)c3ccccc3O)c(C(=O)O)c1O)CC2. The van der Waals surface area contributed by atoms with Crippen molar-refractivity contribution in [1.29, 1.82) is 0 Å². The third kappa shape index (κ3) is 4.20. The molecule has 2 aliphatic rings. The Morgan fingerprint density at radius 2 is 1.57 bits per heavy atom. The molecule has 1 amide bonds. The van der Waals surface area contributed by atoms with Crippen molar-refractivity contribution < 1.29 is 54.6 Å². The molecular formula is C33H24N2O11. The van der Waals surface area contributed by atoms with Crippen LogP contribution in [0.25, 0.3) is 11.1 Å². The third-order valence-electron chi connectivity index (χ3n) is 8.22. The highest BCUT2D eigenvalue weighted by Gasteiger charge is 2.42. The second-order valence-corrected chi connectivity index (χ2v) is 10.7. The molecule has 13 heteroatoms. The summed E-state index contributed by atoms with van der Waals surface area (Å²) in [5, 5.41) is 67.7. The molecule has 7 N–H and O–H groups in total. The molecule has 0 bridgehead atoms. The monoisotopic (exact) mass is 624 g/mol. The zero-order valence-corrected chi connectivity index (χ0v) is 24.1. The molecule has 0 unspecified atom stereocenters. The number of nitrogens with zero attached hydrogens (tertiary/aromatic N) is 1. The zero-order chi connectivity index (χ0) is 33.2. The van der Waals surface area contributed by atoms with Crippen molar-refractivity contribution in [3.63, 3.8) is 0 Å². The zero-order valence-electron chi connectivity index (χ0n) is 24.1. The summed E-state index contributed by atoms with van der Waals surface area (Å²) in [6, 6.07) is 8.11. The van der Waals surface area contributed by atoms with Crippen LogP contribution < -0.4 is 10.2 Å². The molecule has 46 heavy (non-hydrogen) atoms. The summed E-state index contributed by atoms with van der Waals surface area (Å²) >= 11 is 0. The molecule has 0 fully saturated rings. The van der Waals surface area contributed by atoms with Crippen LogP contribution in [0.4, 0.5) is 0 Å². The average molecular weight is 625 g/mol. The molecule has 0 saturated carbocycles. The van der Waals surface area contributed by atoms with Crippen molar-refractivity contribution in [2.75, 3.05) is 7.11 Å². The van der Waals surface area contributed by atoms with E-state index in [9.17, 15) is 49.8 Å². The topological polar surface area (TPSA) is 223 Å². The normalized spacial score (nSPS) is 13.1. The van der Waals surface area contributed by atoms with Gasteiger partial charge in [-0.15, -0.1) is 0 Å². The number of phenolic OH excluding ortho intramolecular Hbond substituents is 4. The number of hydrazone groups is 1. The highest BCUT2D eigenvalue weighted by atomic mass is 16.5. The van der Waals surface area contributed by atoms with Crippen LogP contribution in [-0.2, 0) is 12.8 Å². The number of hydrogen-bond acceptors (Lipinski definition) is 11. The number of carboxylic acid groups (broad SMARTS) is 1. The molecule has 232 valence electrons. The number of amides is 1. The van der Waals surface area contributed by atoms with E-state index in [1.807, 2.05) is 0 Å². The maximum atomic E-state index is 13.8. The van der Waals surface area contributed by atoms with Gasteiger partial charge >= 0.3 is 5.97 Å². The number of para-hydroxylation sites is 1. The van der Waals surface area contributed by atoms with E-state index in [4.69, 9.17) is 4.74 Å². The lowest BCUT2D eigenvalue weighted by atomic mass is 9.74. The first kappa shape index (κ1) is 29.7. The fourth-order valence-corrected chi connectivity index (χ4v) is 6.05. The van der Waals surface area contributed by atoms with Crippen LogP contribution in [0.1, 0.15) is 74.8 Å². The van der Waals surface area contributed by atoms with Crippen molar-refractivity contribution in [1.82, 2.24) is 5.43 Å². The highest BCUT2D eigenvalue weighted by Crippen LogP contribution is 2.54. The largest absolute Gasteiger partial charge is 0.508 e. The molecule has 0 heterocycles. The number of benzene rings is 4. The molecule has 0 saturated heterocycles. The summed E-state index contributed by atoms with van der Waals surface area (Å²) in [5.41, 5.74) is 0.124. The number of rotatable bonds is 5. The fraction of sp³-hybridized carbons (Fsp3) is 0.121. The Kier molecular flexibility index (Phi) is 6.88. The van der Waals surface area contributed by atoms with Crippen molar-refractivity contribution in [2.45, 2.75) is 19.8 Å². The van der Waals surface area contributed by atoms with E-state index in [0.29, 0.717) is 5.56 Å². The van der Waals surface area contributed by atoms with Gasteiger partial charge in [-0.25, -0.2) is 10.2 Å². The first-order chi connectivity index (χ1) is 21.9. The third-order valence-corrected chi connectivity index (χ3v) is 8.22. The number of carbonyl (C=O) groups is 4. The lowest BCUT2D eigenvalue weighted by Crippen LogP contribution is -2.24. The van der Waals surface area contributed by atoms with Crippen molar-refractivity contribution in [2.24, 2.45) is 5.10 Å². The van der Waals surface area contributed by atoms with Crippen LogP contribution in [0.15, 0.2) is 41.5 Å². The summed E-state index contributed by atoms with van der Waals surface area (Å²) in [4.78, 5) is 52.3. The van der Waals surface area contributed by atoms with E-state index in [-0.39, 0.29) is 74.4 Å². The molecule has 0 aromatic heterocycles. The van der Waals surface area contributed by atoms with Crippen molar-refractivity contribution in [3.05, 3.63) is 92.0 Å². The predicted molar refractivity (Wildman–Crippen MR) is 161 cm³/mol. The number of hydrogen-bond donors (Lipinski definition) is 7. The van der Waals surface area contributed by atoms with Crippen molar-refractivity contribution in [3.8, 4) is 45.6 Å². The van der Waals surface area contributed by atoms with Crippen LogP contribution in [0.5, 0.6) is 34.5 Å².